The first-order valence-corrected chi connectivity index (χ1v) is 10.9. The number of benzene rings is 1. The zero-order valence-corrected chi connectivity index (χ0v) is 17.7. The molecule has 2 fully saturated rings. The highest BCUT2D eigenvalue weighted by Gasteiger charge is 2.23. The first-order valence-electron chi connectivity index (χ1n) is 10.5. The number of ether oxygens (including phenoxy) is 2. The lowest BCUT2D eigenvalue weighted by Crippen LogP contribution is -2.45. The quantitative estimate of drug-likeness (QED) is 0.708. The van der Waals surface area contributed by atoms with Crippen LogP contribution < -0.4 is 10.9 Å². The third-order valence-corrected chi connectivity index (χ3v) is 6.08. The van der Waals surface area contributed by atoms with Crippen LogP contribution in [0.15, 0.2) is 29.1 Å². The molecule has 0 amide bonds. The first-order chi connectivity index (χ1) is 14.1. The van der Waals surface area contributed by atoms with Gasteiger partial charge in [-0.05, 0) is 68.4 Å². The predicted octanol–water partition coefficient (Wildman–Crippen LogP) is 2.87. The van der Waals surface area contributed by atoms with E-state index in [2.05, 4.69) is 28.2 Å². The Hall–Kier alpha value is -1.96. The third-order valence-electron chi connectivity index (χ3n) is 5.68. The van der Waals surface area contributed by atoms with Gasteiger partial charge in [-0.25, -0.2) is 0 Å². The van der Waals surface area contributed by atoms with Gasteiger partial charge in [-0.2, -0.15) is 0 Å². The lowest BCUT2D eigenvalue weighted by molar-refractivity contribution is 0.0885. The molecule has 0 spiro atoms. The fourth-order valence-electron chi connectivity index (χ4n) is 4.07. The molecule has 1 aromatic heterocycles. The number of hydrogen-bond donors (Lipinski definition) is 2. The maximum absolute atomic E-state index is 12.7. The van der Waals surface area contributed by atoms with Crippen LogP contribution >= 0.6 is 12.2 Å². The number of hydrogen-bond acceptors (Lipinski definition) is 4. The maximum Gasteiger partial charge on any atom is 0.253 e. The van der Waals surface area contributed by atoms with E-state index >= 15 is 0 Å². The lowest BCUT2D eigenvalue weighted by atomic mass is 10.1. The number of aromatic nitrogens is 1. The van der Waals surface area contributed by atoms with E-state index in [1.54, 1.807) is 0 Å². The van der Waals surface area contributed by atoms with Gasteiger partial charge < -0.3 is 24.7 Å². The van der Waals surface area contributed by atoms with Crippen molar-refractivity contribution in [1.29, 1.82) is 0 Å². The maximum atomic E-state index is 12.7. The first kappa shape index (κ1) is 20.3. The molecule has 2 atom stereocenters. The van der Waals surface area contributed by atoms with Crippen LogP contribution in [0.2, 0.25) is 0 Å². The highest BCUT2D eigenvalue weighted by Crippen LogP contribution is 2.17. The van der Waals surface area contributed by atoms with Gasteiger partial charge in [0.1, 0.15) is 0 Å². The van der Waals surface area contributed by atoms with Crippen molar-refractivity contribution < 1.29 is 9.47 Å². The SMILES string of the molecule is Cc1ccc2[nH]c(=O)c(CN(C[C@H]3CCCO3)C(=S)NC[C@@H]3CCCO3)cc2c1. The summed E-state index contributed by atoms with van der Waals surface area (Å²) in [5.74, 6) is 0. The van der Waals surface area contributed by atoms with Crippen molar-refractivity contribution in [3.8, 4) is 0 Å². The van der Waals surface area contributed by atoms with Gasteiger partial charge in [0.05, 0.1) is 18.8 Å². The van der Waals surface area contributed by atoms with Crippen molar-refractivity contribution in [3.63, 3.8) is 0 Å². The Kier molecular flexibility index (Phi) is 6.47. The predicted molar refractivity (Wildman–Crippen MR) is 118 cm³/mol. The molecule has 29 heavy (non-hydrogen) atoms. The average molecular weight is 416 g/mol. The molecule has 2 saturated heterocycles. The van der Waals surface area contributed by atoms with Crippen molar-refractivity contribution in [2.45, 2.75) is 51.4 Å². The number of nitrogens with one attached hydrogen (secondary N) is 2. The minimum Gasteiger partial charge on any atom is -0.376 e. The molecular weight excluding hydrogens is 386 g/mol. The Bertz CT molecular complexity index is 917. The molecule has 4 rings (SSSR count). The summed E-state index contributed by atoms with van der Waals surface area (Å²) < 4.78 is 11.5. The molecule has 156 valence electrons. The van der Waals surface area contributed by atoms with Crippen molar-refractivity contribution in [1.82, 2.24) is 15.2 Å². The molecule has 0 aliphatic carbocycles. The Balaban J connectivity index is 1.51. The summed E-state index contributed by atoms with van der Waals surface area (Å²) in [6.45, 7) is 5.51. The van der Waals surface area contributed by atoms with Gasteiger partial charge >= 0.3 is 0 Å². The van der Waals surface area contributed by atoms with Crippen LogP contribution in [-0.2, 0) is 16.0 Å². The van der Waals surface area contributed by atoms with E-state index in [9.17, 15) is 4.79 Å². The number of H-pyrrole nitrogens is 1. The van der Waals surface area contributed by atoms with Crippen LogP contribution in [0, 0.1) is 6.92 Å². The fraction of sp³-hybridized carbons (Fsp3) is 0.545. The normalized spacial score (nSPS) is 21.6. The summed E-state index contributed by atoms with van der Waals surface area (Å²) in [5, 5.41) is 5.04. The zero-order valence-electron chi connectivity index (χ0n) is 16.9. The monoisotopic (exact) mass is 415 g/mol. The molecular formula is C22H29N3O3S. The van der Waals surface area contributed by atoms with E-state index in [4.69, 9.17) is 21.7 Å². The molecule has 0 radical (unpaired) electrons. The Morgan fingerprint density at radius 2 is 1.97 bits per heavy atom. The second kappa shape index (κ2) is 9.24. The topological polar surface area (TPSA) is 66.6 Å². The number of nitrogens with zero attached hydrogens (tertiary/aromatic N) is 1. The van der Waals surface area contributed by atoms with E-state index in [1.807, 2.05) is 18.2 Å². The molecule has 7 heteroatoms. The van der Waals surface area contributed by atoms with Crippen molar-refractivity contribution in [2.24, 2.45) is 0 Å². The van der Waals surface area contributed by atoms with Gasteiger partial charge in [-0.15, -0.1) is 0 Å². The minimum absolute atomic E-state index is 0.0689. The molecule has 0 bridgehead atoms. The molecule has 2 aliphatic rings. The fourth-order valence-corrected chi connectivity index (χ4v) is 4.29. The van der Waals surface area contributed by atoms with E-state index in [-0.39, 0.29) is 17.8 Å². The molecule has 2 aromatic rings. The van der Waals surface area contributed by atoms with E-state index < -0.39 is 0 Å². The summed E-state index contributed by atoms with van der Waals surface area (Å²) in [7, 11) is 0. The molecule has 0 saturated carbocycles. The lowest BCUT2D eigenvalue weighted by Gasteiger charge is -2.28. The molecule has 3 heterocycles. The van der Waals surface area contributed by atoms with Crippen molar-refractivity contribution >= 4 is 28.2 Å². The number of aryl methyl sites for hydroxylation is 1. The molecule has 2 aliphatic heterocycles. The van der Waals surface area contributed by atoms with Crippen LogP contribution in [0.1, 0.15) is 36.8 Å². The van der Waals surface area contributed by atoms with Gasteiger partial charge in [0.2, 0.25) is 0 Å². The van der Waals surface area contributed by atoms with Gasteiger partial charge in [0.15, 0.2) is 5.11 Å². The summed E-state index contributed by atoms with van der Waals surface area (Å²) in [4.78, 5) is 17.7. The van der Waals surface area contributed by atoms with E-state index in [0.29, 0.717) is 30.3 Å². The number of rotatable bonds is 6. The highest BCUT2D eigenvalue weighted by molar-refractivity contribution is 7.80. The van der Waals surface area contributed by atoms with Gasteiger partial charge in [0.25, 0.3) is 5.56 Å². The second-order valence-electron chi connectivity index (χ2n) is 8.05. The van der Waals surface area contributed by atoms with Gasteiger partial charge in [0, 0.05) is 37.4 Å². The van der Waals surface area contributed by atoms with Crippen LogP contribution in [0.5, 0.6) is 0 Å². The van der Waals surface area contributed by atoms with Crippen LogP contribution in [0.25, 0.3) is 10.9 Å². The zero-order chi connectivity index (χ0) is 20.2. The molecule has 6 nitrogen and oxygen atoms in total. The minimum atomic E-state index is -0.0689. The Morgan fingerprint density at radius 1 is 1.21 bits per heavy atom. The summed E-state index contributed by atoms with van der Waals surface area (Å²) in [5.41, 5.74) is 2.66. The summed E-state index contributed by atoms with van der Waals surface area (Å²) in [6.07, 6.45) is 4.63. The highest BCUT2D eigenvalue weighted by atomic mass is 32.1. The molecule has 1 aromatic carbocycles. The van der Waals surface area contributed by atoms with Gasteiger partial charge in [-0.1, -0.05) is 11.6 Å². The van der Waals surface area contributed by atoms with E-state index in [1.165, 1.54) is 5.56 Å². The second-order valence-corrected chi connectivity index (χ2v) is 8.44. The van der Waals surface area contributed by atoms with Crippen molar-refractivity contribution in [3.05, 3.63) is 45.7 Å². The third kappa shape index (κ3) is 5.15. The van der Waals surface area contributed by atoms with Gasteiger partial charge in [-0.3, -0.25) is 4.79 Å². The number of aromatic amines is 1. The Labute approximate surface area is 176 Å². The van der Waals surface area contributed by atoms with Crippen molar-refractivity contribution in [2.75, 3.05) is 26.3 Å². The molecule has 2 N–H and O–H groups in total. The number of pyridine rings is 1. The average Bonchev–Trinajstić information content (AvgIpc) is 3.40. The smallest absolute Gasteiger partial charge is 0.253 e. The van der Waals surface area contributed by atoms with E-state index in [0.717, 1.165) is 49.8 Å². The number of thiocarbonyl (C=S) groups is 1. The van der Waals surface area contributed by atoms with Crippen LogP contribution in [0.3, 0.4) is 0 Å². The number of fused-ring (bicyclic) bond motifs is 1. The van der Waals surface area contributed by atoms with Crippen LogP contribution in [-0.4, -0.2) is 53.5 Å². The largest absolute Gasteiger partial charge is 0.376 e. The van der Waals surface area contributed by atoms with Crippen LogP contribution in [0.4, 0.5) is 0 Å². The summed E-state index contributed by atoms with van der Waals surface area (Å²) >= 11 is 5.70. The standard InChI is InChI=1S/C22H29N3O3S/c1-15-6-7-20-16(10-15)11-17(21(26)24-20)13-25(14-19-5-3-9-28-19)22(29)23-12-18-4-2-8-27-18/h6-7,10-11,18-19H,2-5,8-9,12-14H2,1H3,(H,23,29)(H,24,26)/t18-,19+/m0/s1. The molecule has 0 unspecified atom stereocenters. The Morgan fingerprint density at radius 3 is 2.69 bits per heavy atom. The summed E-state index contributed by atoms with van der Waals surface area (Å²) in [6, 6.07) is 8.03.